The van der Waals surface area contributed by atoms with Gasteiger partial charge < -0.3 is 15.4 Å². The summed E-state index contributed by atoms with van der Waals surface area (Å²) in [6, 6.07) is 15.3. The van der Waals surface area contributed by atoms with Gasteiger partial charge in [0.15, 0.2) is 0 Å². The molecule has 0 radical (unpaired) electrons. The molecule has 2 rings (SSSR count). The highest BCUT2D eigenvalue weighted by atomic mass is 16.5. The highest BCUT2D eigenvalue weighted by molar-refractivity contribution is 5.69. The molecule has 0 aliphatic carbocycles. The van der Waals surface area contributed by atoms with Gasteiger partial charge >= 0.3 is 0 Å². The van der Waals surface area contributed by atoms with Crippen molar-refractivity contribution in [2.24, 2.45) is 0 Å². The van der Waals surface area contributed by atoms with Gasteiger partial charge in [-0.3, -0.25) is 0 Å². The van der Waals surface area contributed by atoms with E-state index in [2.05, 4.69) is 6.07 Å². The van der Waals surface area contributed by atoms with Crippen molar-refractivity contribution >= 4 is 17.1 Å². The minimum Gasteiger partial charge on any atom is -0.489 e. The zero-order valence-corrected chi connectivity index (χ0v) is 12.5. The second-order valence-electron chi connectivity index (χ2n) is 5.11. The van der Waals surface area contributed by atoms with Gasteiger partial charge in [0.05, 0.1) is 23.4 Å². The molecule has 4 heteroatoms. The maximum absolute atomic E-state index is 8.99. The number of nitriles is 1. The van der Waals surface area contributed by atoms with Crippen molar-refractivity contribution in [2.75, 3.05) is 17.7 Å². The highest BCUT2D eigenvalue weighted by Crippen LogP contribution is 2.31. The summed E-state index contributed by atoms with van der Waals surface area (Å²) < 4.78 is 5.71. The molecule has 0 unspecified atom stereocenters. The van der Waals surface area contributed by atoms with Crippen molar-refractivity contribution in [1.82, 2.24) is 0 Å². The molecule has 0 aliphatic rings. The number of hydrogen-bond acceptors (Lipinski definition) is 4. The topological polar surface area (TPSA) is 62.3 Å². The average molecular weight is 281 g/mol. The SMILES string of the molecule is CC(C)Oc1cc(N(C)c2cccc(C#N)c2)ccc1N. The van der Waals surface area contributed by atoms with E-state index < -0.39 is 0 Å². The van der Waals surface area contributed by atoms with Crippen LogP contribution in [0.5, 0.6) is 5.75 Å². The molecule has 0 heterocycles. The smallest absolute Gasteiger partial charge is 0.144 e. The molecule has 0 saturated carbocycles. The van der Waals surface area contributed by atoms with Gasteiger partial charge in [0.1, 0.15) is 5.75 Å². The largest absolute Gasteiger partial charge is 0.489 e. The van der Waals surface area contributed by atoms with Gasteiger partial charge in [-0.05, 0) is 44.2 Å². The summed E-state index contributed by atoms with van der Waals surface area (Å²) in [6.45, 7) is 3.93. The maximum Gasteiger partial charge on any atom is 0.144 e. The Hall–Kier alpha value is -2.67. The van der Waals surface area contributed by atoms with Crippen molar-refractivity contribution in [1.29, 1.82) is 5.26 Å². The Morgan fingerprint density at radius 1 is 1.14 bits per heavy atom. The second kappa shape index (κ2) is 6.19. The summed E-state index contributed by atoms with van der Waals surface area (Å²) in [5.74, 6) is 0.672. The molecule has 0 fully saturated rings. The molecule has 2 N–H and O–H groups in total. The van der Waals surface area contributed by atoms with E-state index in [9.17, 15) is 0 Å². The molecule has 0 amide bonds. The normalized spacial score (nSPS) is 10.2. The van der Waals surface area contributed by atoms with Crippen molar-refractivity contribution in [3.8, 4) is 11.8 Å². The maximum atomic E-state index is 8.99. The summed E-state index contributed by atoms with van der Waals surface area (Å²) in [5, 5.41) is 8.99. The fourth-order valence-electron chi connectivity index (χ4n) is 2.02. The number of rotatable bonds is 4. The van der Waals surface area contributed by atoms with E-state index in [4.69, 9.17) is 15.7 Å². The van der Waals surface area contributed by atoms with Crippen molar-refractivity contribution in [2.45, 2.75) is 20.0 Å². The minimum atomic E-state index is 0.0646. The van der Waals surface area contributed by atoms with Crippen LogP contribution < -0.4 is 15.4 Å². The lowest BCUT2D eigenvalue weighted by atomic mass is 10.2. The molecular formula is C17H19N3O. The third-order valence-electron chi connectivity index (χ3n) is 3.11. The molecular weight excluding hydrogens is 262 g/mol. The number of anilines is 3. The number of nitrogen functional groups attached to an aromatic ring is 1. The lowest BCUT2D eigenvalue weighted by Gasteiger charge is -2.21. The lowest BCUT2D eigenvalue weighted by Crippen LogP contribution is -2.12. The molecule has 21 heavy (non-hydrogen) atoms. The van der Waals surface area contributed by atoms with Gasteiger partial charge in [0.25, 0.3) is 0 Å². The van der Waals surface area contributed by atoms with Crippen LogP contribution in [0.15, 0.2) is 42.5 Å². The van der Waals surface area contributed by atoms with Crippen LogP contribution in [-0.4, -0.2) is 13.2 Å². The average Bonchev–Trinajstić information content (AvgIpc) is 2.48. The van der Waals surface area contributed by atoms with E-state index in [1.54, 1.807) is 6.07 Å². The molecule has 0 aliphatic heterocycles. The summed E-state index contributed by atoms with van der Waals surface area (Å²) in [4.78, 5) is 1.99. The van der Waals surface area contributed by atoms with Crippen molar-refractivity contribution in [3.05, 3.63) is 48.0 Å². The first-order chi connectivity index (χ1) is 10.0. The van der Waals surface area contributed by atoms with E-state index in [1.807, 2.05) is 62.2 Å². The second-order valence-corrected chi connectivity index (χ2v) is 5.11. The monoisotopic (exact) mass is 281 g/mol. The fourth-order valence-corrected chi connectivity index (χ4v) is 2.02. The number of nitrogens with two attached hydrogens (primary N) is 1. The summed E-state index contributed by atoms with van der Waals surface area (Å²) in [7, 11) is 1.95. The number of hydrogen-bond donors (Lipinski definition) is 1. The molecule has 0 saturated heterocycles. The number of benzene rings is 2. The Bertz CT molecular complexity index is 674. The van der Waals surface area contributed by atoms with E-state index in [1.165, 1.54) is 0 Å². The first kappa shape index (κ1) is 14.7. The molecule has 0 bridgehead atoms. The minimum absolute atomic E-state index is 0.0646. The Morgan fingerprint density at radius 2 is 1.86 bits per heavy atom. The quantitative estimate of drug-likeness (QED) is 0.868. The standard InChI is InChI=1S/C17H19N3O/c1-12(2)21-17-10-15(7-8-16(17)19)20(3)14-6-4-5-13(9-14)11-18/h4-10,12H,19H2,1-3H3. The Labute approximate surface area is 125 Å². The van der Waals surface area contributed by atoms with Crippen molar-refractivity contribution in [3.63, 3.8) is 0 Å². The molecule has 0 spiro atoms. The van der Waals surface area contributed by atoms with E-state index in [0.29, 0.717) is 17.0 Å². The van der Waals surface area contributed by atoms with Crippen LogP contribution in [-0.2, 0) is 0 Å². The van der Waals surface area contributed by atoms with Gasteiger partial charge in [-0.25, -0.2) is 0 Å². The van der Waals surface area contributed by atoms with Gasteiger partial charge in [0.2, 0.25) is 0 Å². The van der Waals surface area contributed by atoms with Crippen LogP contribution >= 0.6 is 0 Å². The first-order valence-corrected chi connectivity index (χ1v) is 6.81. The lowest BCUT2D eigenvalue weighted by molar-refractivity contribution is 0.244. The number of ether oxygens (including phenoxy) is 1. The molecule has 108 valence electrons. The van der Waals surface area contributed by atoms with E-state index >= 15 is 0 Å². The molecule has 0 atom stereocenters. The van der Waals surface area contributed by atoms with Crippen LogP contribution in [0.1, 0.15) is 19.4 Å². The van der Waals surface area contributed by atoms with Gasteiger partial charge in [0, 0.05) is 24.5 Å². The van der Waals surface area contributed by atoms with Crippen LogP contribution in [0, 0.1) is 11.3 Å². The summed E-state index contributed by atoms with van der Waals surface area (Å²) >= 11 is 0. The van der Waals surface area contributed by atoms with Gasteiger partial charge in [-0.2, -0.15) is 5.26 Å². The van der Waals surface area contributed by atoms with Crippen molar-refractivity contribution < 1.29 is 4.74 Å². The van der Waals surface area contributed by atoms with Gasteiger partial charge in [-0.1, -0.05) is 6.07 Å². The first-order valence-electron chi connectivity index (χ1n) is 6.81. The Kier molecular flexibility index (Phi) is 4.34. The highest BCUT2D eigenvalue weighted by Gasteiger charge is 2.09. The van der Waals surface area contributed by atoms with Gasteiger partial charge in [-0.15, -0.1) is 0 Å². The van der Waals surface area contributed by atoms with E-state index in [-0.39, 0.29) is 6.10 Å². The predicted octanol–water partition coefficient (Wildman–Crippen LogP) is 3.70. The third-order valence-corrected chi connectivity index (χ3v) is 3.11. The third kappa shape index (κ3) is 3.46. The zero-order chi connectivity index (χ0) is 15.4. The molecule has 4 nitrogen and oxygen atoms in total. The van der Waals surface area contributed by atoms with Crippen LogP contribution in [0.2, 0.25) is 0 Å². The molecule has 2 aromatic rings. The Morgan fingerprint density at radius 3 is 2.52 bits per heavy atom. The van der Waals surface area contributed by atoms with E-state index in [0.717, 1.165) is 11.4 Å². The number of nitrogens with zero attached hydrogens (tertiary/aromatic N) is 2. The van der Waals surface area contributed by atoms with Crippen LogP contribution in [0.4, 0.5) is 17.1 Å². The fraction of sp³-hybridized carbons (Fsp3) is 0.235. The predicted molar refractivity (Wildman–Crippen MR) is 85.8 cm³/mol. The van der Waals surface area contributed by atoms with Crippen LogP contribution in [0.25, 0.3) is 0 Å². The molecule has 2 aromatic carbocycles. The summed E-state index contributed by atoms with van der Waals surface area (Å²) in [6.07, 6.45) is 0.0646. The molecule has 0 aromatic heterocycles. The summed E-state index contributed by atoms with van der Waals surface area (Å²) in [5.41, 5.74) is 9.08. The zero-order valence-electron chi connectivity index (χ0n) is 12.5. The Balaban J connectivity index is 2.34. The van der Waals surface area contributed by atoms with Crippen LogP contribution in [0.3, 0.4) is 0 Å².